The fourth-order valence-corrected chi connectivity index (χ4v) is 0.790. The smallest absolute Gasteiger partial charge is 0.273 e. The Morgan fingerprint density at radius 3 is 1.31 bits per heavy atom. The fourth-order valence-electron chi connectivity index (χ4n) is 0.790. The first kappa shape index (κ1) is 10.2. The third kappa shape index (κ3) is 1.36. The molecule has 0 aromatic heterocycles. The van der Waals surface area contributed by atoms with Gasteiger partial charge in [-0.1, -0.05) is 13.2 Å². The fraction of sp³-hybridized carbons (Fsp3) is 0.429. The van der Waals surface area contributed by atoms with E-state index in [9.17, 15) is 17.6 Å². The van der Waals surface area contributed by atoms with Crippen LogP contribution in [0.2, 0.25) is 0 Å². The number of rotatable bonds is 2. The van der Waals surface area contributed by atoms with Crippen LogP contribution in [0.3, 0.4) is 0 Å². The molecule has 0 unspecified atom stereocenters. The van der Waals surface area contributed by atoms with Gasteiger partial charge in [0.1, 0.15) is 0 Å². The molecule has 0 aliphatic carbocycles. The third-order valence-electron chi connectivity index (χ3n) is 1.48. The van der Waals surface area contributed by atoms with Crippen LogP contribution in [-0.4, -0.2) is 18.0 Å². The van der Waals surface area contributed by atoms with Gasteiger partial charge in [0.05, 0.1) is 0 Å². The SMILES string of the molecule is C=CC1(C=C)OC(F)(F)C(F)(F)O1. The zero-order valence-corrected chi connectivity index (χ0v) is 6.40. The minimum absolute atomic E-state index is 0.675. The molecule has 0 amide bonds. The van der Waals surface area contributed by atoms with Crippen molar-refractivity contribution < 1.29 is 27.0 Å². The van der Waals surface area contributed by atoms with Gasteiger partial charge in [0.2, 0.25) is 5.79 Å². The van der Waals surface area contributed by atoms with Crippen molar-refractivity contribution >= 4 is 0 Å². The lowest BCUT2D eigenvalue weighted by molar-refractivity contribution is -0.344. The standard InChI is InChI=1S/C7H6F4O2/c1-3-5(4-2)12-6(8,9)7(10,11)13-5/h3-4H,1-2H2. The summed E-state index contributed by atoms with van der Waals surface area (Å²) < 4.78 is 57.0. The van der Waals surface area contributed by atoms with E-state index >= 15 is 0 Å². The van der Waals surface area contributed by atoms with Gasteiger partial charge in [0, 0.05) is 0 Å². The van der Waals surface area contributed by atoms with E-state index in [1.54, 1.807) is 0 Å². The number of hydrogen-bond acceptors (Lipinski definition) is 2. The highest BCUT2D eigenvalue weighted by atomic mass is 19.3. The van der Waals surface area contributed by atoms with E-state index in [4.69, 9.17) is 0 Å². The molecule has 0 spiro atoms. The largest absolute Gasteiger partial charge is 0.451 e. The van der Waals surface area contributed by atoms with Crippen LogP contribution >= 0.6 is 0 Å². The quantitative estimate of drug-likeness (QED) is 0.500. The highest BCUT2D eigenvalue weighted by Gasteiger charge is 2.71. The molecule has 0 radical (unpaired) electrons. The average molecular weight is 198 g/mol. The Bertz CT molecular complexity index is 223. The molecule has 13 heavy (non-hydrogen) atoms. The van der Waals surface area contributed by atoms with Crippen molar-refractivity contribution in [2.45, 2.75) is 18.0 Å². The van der Waals surface area contributed by atoms with Crippen molar-refractivity contribution in [1.82, 2.24) is 0 Å². The predicted molar refractivity (Wildman–Crippen MR) is 35.2 cm³/mol. The molecule has 1 rings (SSSR count). The summed E-state index contributed by atoms with van der Waals surface area (Å²) in [6.45, 7) is 6.06. The first-order valence-corrected chi connectivity index (χ1v) is 3.22. The van der Waals surface area contributed by atoms with Gasteiger partial charge in [0.25, 0.3) is 0 Å². The molecule has 0 bridgehead atoms. The average Bonchev–Trinajstić information content (AvgIpc) is 2.19. The van der Waals surface area contributed by atoms with E-state index in [0.29, 0.717) is 12.2 Å². The van der Waals surface area contributed by atoms with Gasteiger partial charge in [-0.05, 0) is 12.2 Å². The number of ether oxygens (including phenoxy) is 2. The second-order valence-electron chi connectivity index (χ2n) is 2.37. The molecule has 6 heteroatoms. The summed E-state index contributed by atoms with van der Waals surface area (Å²) in [6, 6.07) is 0. The summed E-state index contributed by atoms with van der Waals surface area (Å²) >= 11 is 0. The summed E-state index contributed by atoms with van der Waals surface area (Å²) in [5.41, 5.74) is 0. The van der Waals surface area contributed by atoms with Crippen molar-refractivity contribution in [1.29, 1.82) is 0 Å². The summed E-state index contributed by atoms with van der Waals surface area (Å²) in [7, 11) is 0. The molecule has 0 N–H and O–H groups in total. The molecule has 1 saturated heterocycles. The first-order chi connectivity index (χ1) is 5.79. The Hall–Kier alpha value is -0.880. The summed E-state index contributed by atoms with van der Waals surface area (Å²) in [5.74, 6) is -2.33. The lowest BCUT2D eigenvalue weighted by Gasteiger charge is -2.16. The zero-order valence-electron chi connectivity index (χ0n) is 6.40. The van der Waals surface area contributed by atoms with Gasteiger partial charge in [0.15, 0.2) is 0 Å². The molecule has 0 aromatic rings. The highest BCUT2D eigenvalue weighted by Crippen LogP contribution is 2.49. The van der Waals surface area contributed by atoms with Crippen LogP contribution in [0.25, 0.3) is 0 Å². The molecule has 1 aliphatic heterocycles. The van der Waals surface area contributed by atoms with Crippen LogP contribution in [0, 0.1) is 0 Å². The molecule has 1 heterocycles. The molecule has 74 valence electrons. The molecular formula is C7H6F4O2. The zero-order chi connectivity index (χ0) is 10.3. The van der Waals surface area contributed by atoms with Crippen LogP contribution in [-0.2, 0) is 9.47 Å². The monoisotopic (exact) mass is 198 g/mol. The molecule has 0 atom stereocenters. The van der Waals surface area contributed by atoms with E-state index in [0.717, 1.165) is 0 Å². The maximum Gasteiger partial charge on any atom is 0.451 e. The second kappa shape index (κ2) is 2.55. The highest BCUT2D eigenvalue weighted by molar-refractivity contribution is 5.07. The van der Waals surface area contributed by atoms with E-state index < -0.39 is 18.0 Å². The summed E-state index contributed by atoms with van der Waals surface area (Å²) in [6.07, 6.45) is -7.99. The molecule has 2 nitrogen and oxygen atoms in total. The number of halogens is 4. The van der Waals surface area contributed by atoms with Crippen molar-refractivity contribution in [3.05, 3.63) is 25.3 Å². The lowest BCUT2D eigenvalue weighted by atomic mass is 10.3. The molecule has 0 aromatic carbocycles. The van der Waals surface area contributed by atoms with E-state index in [-0.39, 0.29) is 0 Å². The van der Waals surface area contributed by atoms with Crippen molar-refractivity contribution in [3.63, 3.8) is 0 Å². The first-order valence-electron chi connectivity index (χ1n) is 3.22. The van der Waals surface area contributed by atoms with E-state index in [2.05, 4.69) is 22.6 Å². The van der Waals surface area contributed by atoms with Gasteiger partial charge in [-0.2, -0.15) is 17.6 Å². The maximum atomic E-state index is 12.4. The predicted octanol–water partition coefficient (Wildman–Crippen LogP) is 2.29. The van der Waals surface area contributed by atoms with Gasteiger partial charge >= 0.3 is 12.2 Å². The topological polar surface area (TPSA) is 18.5 Å². The van der Waals surface area contributed by atoms with Crippen molar-refractivity contribution in [2.75, 3.05) is 0 Å². The van der Waals surface area contributed by atoms with Crippen molar-refractivity contribution in [2.24, 2.45) is 0 Å². The van der Waals surface area contributed by atoms with Crippen molar-refractivity contribution in [3.8, 4) is 0 Å². The minimum Gasteiger partial charge on any atom is -0.273 e. The molecule has 0 saturated carbocycles. The van der Waals surface area contributed by atoms with E-state index in [1.807, 2.05) is 0 Å². The maximum absolute atomic E-state index is 12.4. The molecule has 1 fully saturated rings. The van der Waals surface area contributed by atoms with Crippen LogP contribution in [0.1, 0.15) is 0 Å². The number of alkyl halides is 4. The van der Waals surface area contributed by atoms with Crippen LogP contribution in [0.4, 0.5) is 17.6 Å². The minimum atomic E-state index is -4.67. The van der Waals surface area contributed by atoms with Crippen LogP contribution in [0.5, 0.6) is 0 Å². The van der Waals surface area contributed by atoms with Gasteiger partial charge in [-0.25, -0.2) is 0 Å². The Balaban J connectivity index is 3.04. The third-order valence-corrected chi connectivity index (χ3v) is 1.48. The summed E-state index contributed by atoms with van der Waals surface area (Å²) in [5, 5.41) is 0. The molecule has 1 aliphatic rings. The van der Waals surface area contributed by atoms with Crippen LogP contribution < -0.4 is 0 Å². The normalized spacial score (nSPS) is 28.3. The Morgan fingerprint density at radius 1 is 0.846 bits per heavy atom. The van der Waals surface area contributed by atoms with Crippen LogP contribution in [0.15, 0.2) is 25.3 Å². The summed E-state index contributed by atoms with van der Waals surface area (Å²) in [4.78, 5) is 0. The number of hydrogen-bond donors (Lipinski definition) is 0. The van der Waals surface area contributed by atoms with Gasteiger partial charge in [-0.15, -0.1) is 0 Å². The Morgan fingerprint density at radius 2 is 1.15 bits per heavy atom. The second-order valence-corrected chi connectivity index (χ2v) is 2.37. The Kier molecular flexibility index (Phi) is 2.00. The van der Waals surface area contributed by atoms with E-state index in [1.165, 1.54) is 0 Å². The van der Waals surface area contributed by atoms with Gasteiger partial charge in [-0.3, -0.25) is 9.47 Å². The van der Waals surface area contributed by atoms with Gasteiger partial charge < -0.3 is 0 Å². The lowest BCUT2D eigenvalue weighted by Crippen LogP contribution is -2.36. The molecular weight excluding hydrogens is 192 g/mol. The Labute approximate surface area is 71.4 Å².